The molecule has 4 rings (SSSR count). The average Bonchev–Trinajstić information content (AvgIpc) is 3.12. The molecule has 3 aromatic rings. The Balaban J connectivity index is 1.47. The predicted octanol–water partition coefficient (Wildman–Crippen LogP) is 3.44. The number of fused-ring (bicyclic) bond motifs is 1. The molecule has 0 aliphatic carbocycles. The highest BCUT2D eigenvalue weighted by Crippen LogP contribution is 2.27. The summed E-state index contributed by atoms with van der Waals surface area (Å²) in [5.41, 5.74) is 1.88. The third kappa shape index (κ3) is 3.84. The molecule has 0 saturated heterocycles. The van der Waals surface area contributed by atoms with E-state index in [0.717, 1.165) is 28.6 Å². The van der Waals surface area contributed by atoms with Crippen LogP contribution in [0.3, 0.4) is 0 Å². The smallest absolute Gasteiger partial charge is 0.243 e. The van der Waals surface area contributed by atoms with Gasteiger partial charge in [-0.25, -0.2) is 4.68 Å². The second-order valence-corrected chi connectivity index (χ2v) is 6.33. The van der Waals surface area contributed by atoms with Crippen LogP contribution in [-0.2, 0) is 11.3 Å². The Bertz CT molecular complexity index is 948. The summed E-state index contributed by atoms with van der Waals surface area (Å²) >= 11 is 0. The highest BCUT2D eigenvalue weighted by molar-refractivity contribution is 5.87. The summed E-state index contributed by atoms with van der Waals surface area (Å²) in [5, 5.41) is 10.8. The first kappa shape index (κ1) is 16.9. The van der Waals surface area contributed by atoms with Crippen LogP contribution in [0.5, 0.6) is 11.5 Å². The number of amides is 1. The molecule has 136 valence electrons. The predicted molar refractivity (Wildman–Crippen MR) is 105 cm³/mol. The van der Waals surface area contributed by atoms with Gasteiger partial charge in [-0.2, -0.15) is 5.10 Å². The van der Waals surface area contributed by atoms with Crippen LogP contribution >= 0.6 is 0 Å². The van der Waals surface area contributed by atoms with Crippen molar-refractivity contribution in [2.24, 2.45) is 0 Å². The number of hydrogen-bond acceptors (Lipinski definition) is 4. The lowest BCUT2D eigenvalue weighted by Gasteiger charge is -2.25. The third-order valence-electron chi connectivity index (χ3n) is 4.36. The standard InChI is InChI=1S/C21H20N4O2/c1-2-21(26)23-16-13-22-20-12-19(24-25(20)14-16)15-8-10-18(11-9-15)27-17-6-4-3-5-7-17/h2-12,16,22H,1,13-14H2,(H,23,26). The molecule has 1 aliphatic rings. The first-order valence-electron chi connectivity index (χ1n) is 8.79. The number of ether oxygens (including phenoxy) is 1. The van der Waals surface area contributed by atoms with Crippen molar-refractivity contribution >= 4 is 11.7 Å². The number of nitrogens with zero attached hydrogens (tertiary/aromatic N) is 2. The molecule has 0 radical (unpaired) electrons. The lowest BCUT2D eigenvalue weighted by Crippen LogP contribution is -2.45. The molecular weight excluding hydrogens is 340 g/mol. The number of rotatable bonds is 5. The number of para-hydroxylation sites is 1. The molecule has 6 heteroatoms. The first-order valence-corrected chi connectivity index (χ1v) is 8.79. The SMILES string of the molecule is C=CC(=O)NC1CNc2cc(-c3ccc(Oc4ccccc4)cc3)nn2C1. The zero-order valence-corrected chi connectivity index (χ0v) is 14.8. The fourth-order valence-electron chi connectivity index (χ4n) is 3.02. The average molecular weight is 360 g/mol. The molecule has 0 spiro atoms. The van der Waals surface area contributed by atoms with Crippen molar-refractivity contribution in [3.63, 3.8) is 0 Å². The molecule has 1 amide bonds. The Morgan fingerprint density at radius 2 is 1.93 bits per heavy atom. The van der Waals surface area contributed by atoms with Crippen LogP contribution < -0.4 is 15.4 Å². The number of benzene rings is 2. The van der Waals surface area contributed by atoms with Gasteiger partial charge in [0.1, 0.15) is 17.3 Å². The number of nitrogens with one attached hydrogen (secondary N) is 2. The normalized spacial score (nSPS) is 15.3. The van der Waals surface area contributed by atoms with E-state index in [1.165, 1.54) is 6.08 Å². The Kier molecular flexibility index (Phi) is 4.61. The van der Waals surface area contributed by atoms with Gasteiger partial charge in [0.25, 0.3) is 0 Å². The highest BCUT2D eigenvalue weighted by Gasteiger charge is 2.21. The topological polar surface area (TPSA) is 68.2 Å². The van der Waals surface area contributed by atoms with Crippen molar-refractivity contribution in [1.82, 2.24) is 15.1 Å². The van der Waals surface area contributed by atoms with Crippen LogP contribution in [0.1, 0.15) is 0 Å². The number of aromatic nitrogens is 2. The van der Waals surface area contributed by atoms with Crippen molar-refractivity contribution in [2.75, 3.05) is 11.9 Å². The quantitative estimate of drug-likeness (QED) is 0.684. The summed E-state index contributed by atoms with van der Waals surface area (Å²) in [4.78, 5) is 11.5. The fraction of sp³-hybridized carbons (Fsp3) is 0.143. The van der Waals surface area contributed by atoms with Gasteiger partial charge in [-0.15, -0.1) is 0 Å². The van der Waals surface area contributed by atoms with Crippen LogP contribution in [0.2, 0.25) is 0 Å². The molecule has 0 saturated carbocycles. The molecule has 1 atom stereocenters. The molecule has 0 fully saturated rings. The largest absolute Gasteiger partial charge is 0.457 e. The first-order chi connectivity index (χ1) is 13.2. The summed E-state index contributed by atoms with van der Waals surface area (Å²) in [5.74, 6) is 2.35. The van der Waals surface area contributed by atoms with Gasteiger partial charge in [0.15, 0.2) is 0 Å². The molecule has 1 aromatic heterocycles. The van der Waals surface area contributed by atoms with Crippen LogP contribution in [-0.4, -0.2) is 28.3 Å². The molecule has 1 unspecified atom stereocenters. The van der Waals surface area contributed by atoms with Gasteiger partial charge in [0.05, 0.1) is 18.3 Å². The summed E-state index contributed by atoms with van der Waals surface area (Å²) in [6.07, 6.45) is 1.28. The Hall–Kier alpha value is -3.54. The molecule has 2 N–H and O–H groups in total. The summed E-state index contributed by atoms with van der Waals surface area (Å²) in [6, 6.07) is 19.5. The van der Waals surface area contributed by atoms with Gasteiger partial charge in [0, 0.05) is 18.2 Å². The maximum absolute atomic E-state index is 11.5. The van der Waals surface area contributed by atoms with E-state index in [1.54, 1.807) is 0 Å². The van der Waals surface area contributed by atoms with E-state index in [0.29, 0.717) is 13.1 Å². The Morgan fingerprint density at radius 3 is 2.67 bits per heavy atom. The van der Waals surface area contributed by atoms with Crippen LogP contribution in [0, 0.1) is 0 Å². The van der Waals surface area contributed by atoms with Gasteiger partial charge in [0.2, 0.25) is 5.91 Å². The minimum atomic E-state index is -0.174. The van der Waals surface area contributed by atoms with Gasteiger partial charge in [-0.3, -0.25) is 4.79 Å². The maximum Gasteiger partial charge on any atom is 0.243 e. The molecule has 1 aliphatic heterocycles. The fourth-order valence-corrected chi connectivity index (χ4v) is 3.02. The van der Waals surface area contributed by atoms with Crippen molar-refractivity contribution in [3.05, 3.63) is 73.3 Å². The van der Waals surface area contributed by atoms with Crippen molar-refractivity contribution in [3.8, 4) is 22.8 Å². The van der Waals surface area contributed by atoms with E-state index in [1.807, 2.05) is 65.3 Å². The van der Waals surface area contributed by atoms with E-state index in [2.05, 4.69) is 22.3 Å². The molecule has 0 bridgehead atoms. The monoisotopic (exact) mass is 360 g/mol. The van der Waals surface area contributed by atoms with Crippen LogP contribution in [0.15, 0.2) is 73.3 Å². The molecule has 2 heterocycles. The zero-order valence-electron chi connectivity index (χ0n) is 14.8. The van der Waals surface area contributed by atoms with Gasteiger partial charge < -0.3 is 15.4 Å². The summed E-state index contributed by atoms with van der Waals surface area (Å²) in [7, 11) is 0. The van der Waals surface area contributed by atoms with E-state index >= 15 is 0 Å². The van der Waals surface area contributed by atoms with Gasteiger partial charge in [-0.05, 0) is 42.5 Å². The second-order valence-electron chi connectivity index (χ2n) is 6.33. The van der Waals surface area contributed by atoms with Gasteiger partial charge in [-0.1, -0.05) is 24.8 Å². The number of hydrogen-bond donors (Lipinski definition) is 2. The van der Waals surface area contributed by atoms with E-state index in [9.17, 15) is 4.79 Å². The van der Waals surface area contributed by atoms with Crippen LogP contribution in [0.25, 0.3) is 11.3 Å². The summed E-state index contributed by atoms with van der Waals surface area (Å²) in [6.45, 7) is 4.77. The number of anilines is 1. The molecule has 6 nitrogen and oxygen atoms in total. The minimum Gasteiger partial charge on any atom is -0.457 e. The van der Waals surface area contributed by atoms with E-state index < -0.39 is 0 Å². The lowest BCUT2D eigenvalue weighted by molar-refractivity contribution is -0.117. The molecule has 27 heavy (non-hydrogen) atoms. The molecule has 2 aromatic carbocycles. The van der Waals surface area contributed by atoms with Crippen molar-refractivity contribution in [2.45, 2.75) is 12.6 Å². The zero-order chi connectivity index (χ0) is 18.6. The van der Waals surface area contributed by atoms with Gasteiger partial charge >= 0.3 is 0 Å². The van der Waals surface area contributed by atoms with E-state index in [-0.39, 0.29) is 11.9 Å². The van der Waals surface area contributed by atoms with E-state index in [4.69, 9.17) is 4.74 Å². The molecular formula is C21H20N4O2. The maximum atomic E-state index is 11.5. The van der Waals surface area contributed by atoms with Crippen molar-refractivity contribution < 1.29 is 9.53 Å². The van der Waals surface area contributed by atoms with Crippen LogP contribution in [0.4, 0.5) is 5.82 Å². The third-order valence-corrected chi connectivity index (χ3v) is 4.36. The summed E-state index contributed by atoms with van der Waals surface area (Å²) < 4.78 is 7.70. The number of carbonyl (C=O) groups is 1. The second kappa shape index (κ2) is 7.37. The Morgan fingerprint density at radius 1 is 1.19 bits per heavy atom. The van der Waals surface area contributed by atoms with Crippen molar-refractivity contribution in [1.29, 1.82) is 0 Å². The number of carbonyl (C=O) groups excluding carboxylic acids is 1. The Labute approximate surface area is 157 Å². The lowest BCUT2D eigenvalue weighted by atomic mass is 10.1. The highest BCUT2D eigenvalue weighted by atomic mass is 16.5. The minimum absolute atomic E-state index is 0.0163.